The van der Waals surface area contributed by atoms with Crippen LogP contribution in [0.2, 0.25) is 0 Å². The Morgan fingerprint density at radius 1 is 1.31 bits per heavy atom. The second-order valence-electron chi connectivity index (χ2n) is 5.08. The van der Waals surface area contributed by atoms with Gasteiger partial charge in [-0.3, -0.25) is 0 Å². The topological polar surface area (TPSA) is 38.0 Å². The third-order valence-corrected chi connectivity index (χ3v) is 4.16. The molecular weight excluding hydrogens is 264 g/mol. The zero-order chi connectivity index (χ0) is 11.8. The van der Waals surface area contributed by atoms with Gasteiger partial charge in [-0.25, -0.2) is 0 Å². The summed E-state index contributed by atoms with van der Waals surface area (Å²) < 4.78 is 1.06. The van der Waals surface area contributed by atoms with Crippen LogP contribution in [0.1, 0.15) is 38.2 Å². The van der Waals surface area contributed by atoms with E-state index in [1.54, 1.807) is 0 Å². The van der Waals surface area contributed by atoms with Crippen molar-refractivity contribution < 1.29 is 0 Å². The smallest absolute Gasteiger partial charge is 0.0493 e. The molecule has 2 rings (SSSR count). The molecule has 0 aromatic heterocycles. The first-order valence-corrected chi connectivity index (χ1v) is 6.63. The number of rotatable bonds is 2. The molecule has 0 spiro atoms. The van der Waals surface area contributed by atoms with Crippen LogP contribution < -0.4 is 11.1 Å². The lowest BCUT2D eigenvalue weighted by atomic mass is 10.00. The second-order valence-corrected chi connectivity index (χ2v) is 5.94. The lowest BCUT2D eigenvalue weighted by Crippen LogP contribution is -2.31. The van der Waals surface area contributed by atoms with Crippen molar-refractivity contribution >= 4 is 27.3 Å². The maximum Gasteiger partial charge on any atom is 0.0493 e. The summed E-state index contributed by atoms with van der Waals surface area (Å²) in [5, 5.41) is 3.65. The van der Waals surface area contributed by atoms with Gasteiger partial charge in [0.1, 0.15) is 0 Å². The highest BCUT2D eigenvalue weighted by molar-refractivity contribution is 9.10. The summed E-state index contributed by atoms with van der Waals surface area (Å²) in [6.45, 7) is 4.35. The molecule has 3 heteroatoms. The number of anilines is 2. The number of nitrogens with one attached hydrogen (secondary N) is 1. The number of halogens is 1. The van der Waals surface area contributed by atoms with Crippen LogP contribution in [0, 0.1) is 6.92 Å². The predicted molar refractivity (Wildman–Crippen MR) is 73.8 cm³/mol. The Bertz CT molecular complexity index is 395. The lowest BCUT2D eigenvalue weighted by molar-refractivity contribution is 0.533. The molecule has 16 heavy (non-hydrogen) atoms. The Kier molecular flexibility index (Phi) is 3.15. The Hall–Kier alpha value is -0.700. The van der Waals surface area contributed by atoms with Crippen LogP contribution in [0.15, 0.2) is 16.6 Å². The SMILES string of the molecule is Cc1cc(NC2(C)CCCC2)c(Br)cc1N. The molecule has 1 aliphatic rings. The highest BCUT2D eigenvalue weighted by Gasteiger charge is 2.28. The molecular formula is C13H19BrN2. The van der Waals surface area contributed by atoms with Crippen molar-refractivity contribution in [1.82, 2.24) is 0 Å². The van der Waals surface area contributed by atoms with E-state index in [9.17, 15) is 0 Å². The van der Waals surface area contributed by atoms with E-state index in [0.29, 0.717) is 0 Å². The first-order chi connectivity index (χ1) is 7.50. The Morgan fingerprint density at radius 3 is 2.56 bits per heavy atom. The first kappa shape index (κ1) is 11.8. The average Bonchev–Trinajstić information content (AvgIpc) is 2.62. The molecule has 0 saturated heterocycles. The van der Waals surface area contributed by atoms with Crippen LogP contribution in [-0.2, 0) is 0 Å². The second kappa shape index (κ2) is 4.28. The summed E-state index contributed by atoms with van der Waals surface area (Å²) in [5.74, 6) is 0. The highest BCUT2D eigenvalue weighted by atomic mass is 79.9. The van der Waals surface area contributed by atoms with Gasteiger partial charge >= 0.3 is 0 Å². The first-order valence-electron chi connectivity index (χ1n) is 5.84. The van der Waals surface area contributed by atoms with Gasteiger partial charge in [-0.2, -0.15) is 0 Å². The van der Waals surface area contributed by atoms with Gasteiger partial charge in [0.05, 0.1) is 0 Å². The summed E-state index contributed by atoms with van der Waals surface area (Å²) in [7, 11) is 0. The molecule has 88 valence electrons. The molecule has 1 aromatic rings. The summed E-state index contributed by atoms with van der Waals surface area (Å²) in [5.41, 5.74) is 9.26. The Balaban J connectivity index is 2.24. The molecule has 0 atom stereocenters. The number of hydrogen-bond donors (Lipinski definition) is 2. The van der Waals surface area contributed by atoms with Crippen LogP contribution in [0.5, 0.6) is 0 Å². The summed E-state index contributed by atoms with van der Waals surface area (Å²) in [6, 6.07) is 4.11. The summed E-state index contributed by atoms with van der Waals surface area (Å²) in [4.78, 5) is 0. The van der Waals surface area contributed by atoms with E-state index in [1.807, 2.05) is 13.0 Å². The molecule has 1 saturated carbocycles. The van der Waals surface area contributed by atoms with E-state index >= 15 is 0 Å². The number of nitrogen functional groups attached to an aromatic ring is 1. The molecule has 0 heterocycles. The molecule has 1 aliphatic carbocycles. The monoisotopic (exact) mass is 282 g/mol. The zero-order valence-electron chi connectivity index (χ0n) is 9.94. The normalized spacial score (nSPS) is 18.7. The van der Waals surface area contributed by atoms with Crippen LogP contribution in [0.25, 0.3) is 0 Å². The minimum atomic E-state index is 0.255. The molecule has 0 radical (unpaired) electrons. The average molecular weight is 283 g/mol. The lowest BCUT2D eigenvalue weighted by Gasteiger charge is -2.27. The molecule has 0 unspecified atom stereocenters. The van der Waals surface area contributed by atoms with E-state index in [4.69, 9.17) is 5.73 Å². The van der Waals surface area contributed by atoms with Gasteiger partial charge in [0.25, 0.3) is 0 Å². The molecule has 3 N–H and O–H groups in total. The highest BCUT2D eigenvalue weighted by Crippen LogP contribution is 2.36. The van der Waals surface area contributed by atoms with Gasteiger partial charge < -0.3 is 11.1 Å². The van der Waals surface area contributed by atoms with Crippen LogP contribution >= 0.6 is 15.9 Å². The van der Waals surface area contributed by atoms with Gasteiger partial charge in [-0.15, -0.1) is 0 Å². The van der Waals surface area contributed by atoms with E-state index in [1.165, 1.54) is 25.7 Å². The van der Waals surface area contributed by atoms with Crippen molar-refractivity contribution in [2.45, 2.75) is 45.1 Å². The van der Waals surface area contributed by atoms with Crippen LogP contribution in [0.3, 0.4) is 0 Å². The minimum Gasteiger partial charge on any atom is -0.398 e. The maximum atomic E-state index is 5.87. The molecule has 2 nitrogen and oxygen atoms in total. The van der Waals surface area contributed by atoms with E-state index in [2.05, 4.69) is 34.2 Å². The van der Waals surface area contributed by atoms with E-state index < -0.39 is 0 Å². The molecule has 0 amide bonds. The number of hydrogen-bond acceptors (Lipinski definition) is 2. The van der Waals surface area contributed by atoms with Crippen LogP contribution in [-0.4, -0.2) is 5.54 Å². The zero-order valence-corrected chi connectivity index (χ0v) is 11.5. The van der Waals surface area contributed by atoms with Crippen molar-refractivity contribution in [2.24, 2.45) is 0 Å². The minimum absolute atomic E-state index is 0.255. The van der Waals surface area contributed by atoms with Crippen molar-refractivity contribution in [3.8, 4) is 0 Å². The molecule has 0 bridgehead atoms. The Labute approximate surface area is 106 Å². The Morgan fingerprint density at radius 2 is 1.94 bits per heavy atom. The molecule has 1 aromatic carbocycles. The molecule has 0 aliphatic heterocycles. The van der Waals surface area contributed by atoms with Gasteiger partial charge in [-0.05, 0) is 60.3 Å². The van der Waals surface area contributed by atoms with E-state index in [-0.39, 0.29) is 5.54 Å². The third-order valence-electron chi connectivity index (χ3n) is 3.50. The van der Waals surface area contributed by atoms with Crippen molar-refractivity contribution in [2.75, 3.05) is 11.1 Å². The number of benzene rings is 1. The number of aryl methyl sites for hydroxylation is 1. The van der Waals surface area contributed by atoms with E-state index in [0.717, 1.165) is 21.4 Å². The van der Waals surface area contributed by atoms with Gasteiger partial charge in [-0.1, -0.05) is 12.8 Å². The fourth-order valence-electron chi connectivity index (χ4n) is 2.40. The quantitative estimate of drug-likeness (QED) is 0.802. The molecule has 1 fully saturated rings. The van der Waals surface area contributed by atoms with Gasteiger partial charge in [0, 0.05) is 21.4 Å². The van der Waals surface area contributed by atoms with Crippen molar-refractivity contribution in [3.63, 3.8) is 0 Å². The van der Waals surface area contributed by atoms with Crippen LogP contribution in [0.4, 0.5) is 11.4 Å². The standard InChI is InChI=1S/C13H19BrN2/c1-9-7-12(10(14)8-11(9)15)16-13(2)5-3-4-6-13/h7-8,16H,3-6,15H2,1-2H3. The van der Waals surface area contributed by atoms with Gasteiger partial charge in [0.2, 0.25) is 0 Å². The largest absolute Gasteiger partial charge is 0.398 e. The fraction of sp³-hybridized carbons (Fsp3) is 0.538. The summed E-state index contributed by atoms with van der Waals surface area (Å²) >= 11 is 3.57. The van der Waals surface area contributed by atoms with Crippen molar-refractivity contribution in [1.29, 1.82) is 0 Å². The number of nitrogens with two attached hydrogens (primary N) is 1. The fourth-order valence-corrected chi connectivity index (χ4v) is 2.86. The third kappa shape index (κ3) is 2.34. The summed E-state index contributed by atoms with van der Waals surface area (Å²) in [6.07, 6.45) is 5.16. The maximum absolute atomic E-state index is 5.87. The van der Waals surface area contributed by atoms with Gasteiger partial charge in [0.15, 0.2) is 0 Å². The van der Waals surface area contributed by atoms with Crippen molar-refractivity contribution in [3.05, 3.63) is 22.2 Å². The predicted octanol–water partition coefficient (Wildman–Crippen LogP) is 4.08.